The van der Waals surface area contributed by atoms with Crippen molar-refractivity contribution < 1.29 is 14.3 Å². The number of nitrogen functional groups attached to an aromatic ring is 1. The van der Waals surface area contributed by atoms with Crippen LogP contribution in [0.2, 0.25) is 0 Å². The molecule has 7 heteroatoms. The van der Waals surface area contributed by atoms with E-state index in [1.165, 1.54) is 9.80 Å². The summed E-state index contributed by atoms with van der Waals surface area (Å²) in [7, 11) is 3.24. The minimum atomic E-state index is -0.208. The molecule has 0 spiro atoms. The monoisotopic (exact) mass is 416 g/mol. The number of rotatable bonds is 5. The van der Waals surface area contributed by atoms with Gasteiger partial charge in [0.2, 0.25) is 0 Å². The quantitative estimate of drug-likeness (QED) is 0.577. The summed E-state index contributed by atoms with van der Waals surface area (Å²) >= 11 is 0. The Kier molecular flexibility index (Phi) is 5.25. The van der Waals surface area contributed by atoms with Crippen molar-refractivity contribution in [1.29, 1.82) is 5.41 Å². The topological polar surface area (TPSA) is 91.9 Å². The molecule has 0 atom stereocenters. The van der Waals surface area contributed by atoms with Crippen LogP contribution in [-0.4, -0.2) is 42.4 Å². The largest absolute Gasteiger partial charge is 0.493 e. The number of nitrogens with two attached hydrogens (primary N) is 1. The van der Waals surface area contributed by atoms with Crippen molar-refractivity contribution in [2.45, 2.75) is 6.92 Å². The Morgan fingerprint density at radius 2 is 1.74 bits per heavy atom. The molecule has 0 radical (unpaired) electrons. The first-order valence-electron chi connectivity index (χ1n) is 9.93. The van der Waals surface area contributed by atoms with E-state index < -0.39 is 0 Å². The molecule has 3 N–H and O–H groups in total. The number of amides is 2. The second-order valence-electron chi connectivity index (χ2n) is 7.17. The number of ether oxygens (including phenoxy) is 2. The third-order valence-electron chi connectivity index (χ3n) is 5.34. The van der Waals surface area contributed by atoms with Crippen LogP contribution in [-0.2, 0) is 0 Å². The molecule has 0 aromatic heterocycles. The van der Waals surface area contributed by atoms with E-state index in [-0.39, 0.29) is 11.9 Å². The zero-order valence-corrected chi connectivity index (χ0v) is 17.7. The van der Waals surface area contributed by atoms with Gasteiger partial charge in [-0.05, 0) is 42.8 Å². The minimum Gasteiger partial charge on any atom is -0.493 e. The Morgan fingerprint density at radius 1 is 1.03 bits per heavy atom. The van der Waals surface area contributed by atoms with E-state index in [1.54, 1.807) is 20.2 Å². The number of amidine groups is 1. The number of benzene rings is 3. The van der Waals surface area contributed by atoms with Crippen LogP contribution in [0.15, 0.2) is 60.3 Å². The smallest absolute Gasteiger partial charge is 0.330 e. The van der Waals surface area contributed by atoms with Crippen molar-refractivity contribution in [2.24, 2.45) is 0 Å². The maximum atomic E-state index is 12.3. The molecule has 0 unspecified atom stereocenters. The van der Waals surface area contributed by atoms with E-state index in [0.29, 0.717) is 35.2 Å². The number of hydrogen-bond acceptors (Lipinski definition) is 5. The lowest BCUT2D eigenvalue weighted by Gasteiger charge is -2.14. The van der Waals surface area contributed by atoms with Crippen molar-refractivity contribution >= 4 is 34.4 Å². The number of nitrogens with zero attached hydrogens (tertiary/aromatic N) is 2. The number of fused-ring (bicyclic) bond motifs is 1. The van der Waals surface area contributed by atoms with Gasteiger partial charge in [-0.3, -0.25) is 15.2 Å². The second-order valence-corrected chi connectivity index (χ2v) is 7.17. The highest BCUT2D eigenvalue weighted by molar-refractivity contribution is 6.15. The summed E-state index contributed by atoms with van der Waals surface area (Å²) in [4.78, 5) is 15.2. The predicted molar refractivity (Wildman–Crippen MR) is 123 cm³/mol. The SMILES string of the molecule is CCN1C(=N)/C(=C/c2ccc(Oc3ccc(N)c4ccccc34)c(OC)c2)N(C)C1=O. The predicted octanol–water partition coefficient (Wildman–Crippen LogP) is 4.93. The number of urea groups is 1. The molecular formula is C24H24N4O3. The van der Waals surface area contributed by atoms with E-state index in [9.17, 15) is 4.79 Å². The molecule has 1 aliphatic rings. The summed E-state index contributed by atoms with van der Waals surface area (Å²) in [6.45, 7) is 2.30. The molecule has 1 fully saturated rings. The van der Waals surface area contributed by atoms with Gasteiger partial charge in [-0.15, -0.1) is 0 Å². The summed E-state index contributed by atoms with van der Waals surface area (Å²) in [5, 5.41) is 10.1. The summed E-state index contributed by atoms with van der Waals surface area (Å²) in [5.41, 5.74) is 8.11. The minimum absolute atomic E-state index is 0.183. The van der Waals surface area contributed by atoms with Gasteiger partial charge in [-0.25, -0.2) is 4.79 Å². The Hall–Kier alpha value is -4.00. The highest BCUT2D eigenvalue weighted by Crippen LogP contribution is 2.37. The van der Waals surface area contributed by atoms with Gasteiger partial charge < -0.3 is 15.2 Å². The lowest BCUT2D eigenvalue weighted by Crippen LogP contribution is -2.30. The Morgan fingerprint density at radius 3 is 2.42 bits per heavy atom. The lowest BCUT2D eigenvalue weighted by molar-refractivity contribution is 0.209. The van der Waals surface area contributed by atoms with Crippen LogP contribution < -0.4 is 15.2 Å². The number of methoxy groups -OCH3 is 1. The standard InChI is InChI=1S/C24H24N4O3/c1-4-28-23(26)19(27(2)24(28)29)13-15-9-11-21(22(14-15)30-3)31-20-12-10-18(25)16-7-5-6-8-17(16)20/h5-14,26H,4,25H2,1-3H3/b19-13-,26-23?. The molecule has 31 heavy (non-hydrogen) atoms. The normalized spacial score (nSPS) is 15.3. The van der Waals surface area contributed by atoms with Crippen LogP contribution in [0.3, 0.4) is 0 Å². The van der Waals surface area contributed by atoms with Gasteiger partial charge in [-0.1, -0.05) is 30.3 Å². The first-order chi connectivity index (χ1) is 14.9. The van der Waals surface area contributed by atoms with Crippen LogP contribution in [0.1, 0.15) is 12.5 Å². The van der Waals surface area contributed by atoms with Gasteiger partial charge in [0, 0.05) is 30.1 Å². The van der Waals surface area contributed by atoms with Gasteiger partial charge in [-0.2, -0.15) is 0 Å². The second kappa shape index (κ2) is 8.02. The molecule has 1 saturated heterocycles. The number of nitrogens with one attached hydrogen (secondary N) is 1. The molecule has 1 aliphatic heterocycles. The third kappa shape index (κ3) is 3.54. The molecule has 0 bridgehead atoms. The van der Waals surface area contributed by atoms with E-state index in [1.807, 2.05) is 61.5 Å². The zero-order valence-electron chi connectivity index (χ0n) is 17.7. The fourth-order valence-electron chi connectivity index (χ4n) is 3.65. The van der Waals surface area contributed by atoms with Crippen LogP contribution >= 0.6 is 0 Å². The zero-order chi connectivity index (χ0) is 22.1. The summed E-state index contributed by atoms with van der Waals surface area (Å²) in [5.74, 6) is 1.96. The van der Waals surface area contributed by atoms with Gasteiger partial charge in [0.15, 0.2) is 17.3 Å². The van der Waals surface area contributed by atoms with E-state index in [2.05, 4.69) is 0 Å². The average molecular weight is 416 g/mol. The van der Waals surface area contributed by atoms with Gasteiger partial charge >= 0.3 is 6.03 Å². The van der Waals surface area contributed by atoms with E-state index in [0.717, 1.165) is 16.3 Å². The van der Waals surface area contributed by atoms with Crippen molar-refractivity contribution in [2.75, 3.05) is 26.4 Å². The Labute approximate surface area is 180 Å². The molecule has 158 valence electrons. The van der Waals surface area contributed by atoms with Crippen LogP contribution in [0.25, 0.3) is 16.8 Å². The van der Waals surface area contributed by atoms with Crippen LogP contribution in [0, 0.1) is 5.41 Å². The number of carbonyl (C=O) groups excluding carboxylic acids is 1. The molecule has 3 aromatic rings. The molecule has 1 heterocycles. The molecule has 0 aliphatic carbocycles. The number of anilines is 1. The third-order valence-corrected chi connectivity index (χ3v) is 5.34. The van der Waals surface area contributed by atoms with Crippen LogP contribution in [0.4, 0.5) is 10.5 Å². The first-order valence-corrected chi connectivity index (χ1v) is 9.93. The maximum absolute atomic E-state index is 12.3. The average Bonchev–Trinajstić information content (AvgIpc) is 2.99. The van der Waals surface area contributed by atoms with Crippen molar-refractivity contribution in [3.63, 3.8) is 0 Å². The van der Waals surface area contributed by atoms with Gasteiger partial charge in [0.25, 0.3) is 0 Å². The molecule has 7 nitrogen and oxygen atoms in total. The molecule has 0 saturated carbocycles. The Balaban J connectivity index is 1.68. The summed E-state index contributed by atoms with van der Waals surface area (Å²) in [6, 6.07) is 16.8. The highest BCUT2D eigenvalue weighted by atomic mass is 16.5. The first kappa shape index (κ1) is 20.3. The van der Waals surface area contributed by atoms with E-state index in [4.69, 9.17) is 20.6 Å². The fourth-order valence-corrected chi connectivity index (χ4v) is 3.65. The van der Waals surface area contributed by atoms with Crippen molar-refractivity contribution in [3.05, 3.63) is 65.9 Å². The van der Waals surface area contributed by atoms with Gasteiger partial charge in [0.05, 0.1) is 12.8 Å². The number of likely N-dealkylation sites (N-methyl/N-ethyl adjacent to an activating group) is 2. The highest BCUT2D eigenvalue weighted by Gasteiger charge is 2.34. The maximum Gasteiger partial charge on any atom is 0.330 e. The van der Waals surface area contributed by atoms with Crippen molar-refractivity contribution in [1.82, 2.24) is 9.80 Å². The number of hydrogen-bond donors (Lipinski definition) is 2. The number of carbonyl (C=O) groups is 1. The van der Waals surface area contributed by atoms with Crippen LogP contribution in [0.5, 0.6) is 17.2 Å². The molecular weight excluding hydrogens is 392 g/mol. The summed E-state index contributed by atoms with van der Waals surface area (Å²) < 4.78 is 11.7. The van der Waals surface area contributed by atoms with E-state index >= 15 is 0 Å². The van der Waals surface area contributed by atoms with Gasteiger partial charge in [0.1, 0.15) is 5.75 Å². The fraction of sp³-hybridized carbons (Fsp3) is 0.167. The molecule has 4 rings (SSSR count). The summed E-state index contributed by atoms with van der Waals surface area (Å²) in [6.07, 6.45) is 1.79. The van der Waals surface area contributed by atoms with Crippen molar-refractivity contribution in [3.8, 4) is 17.2 Å². The molecule has 2 amide bonds. The molecule has 3 aromatic carbocycles. The Bertz CT molecular complexity index is 1220. The lowest BCUT2D eigenvalue weighted by atomic mass is 10.1.